The molecule has 4 heterocycles. The number of aromatic nitrogens is 1. The Hall–Kier alpha value is -3.66. The van der Waals surface area contributed by atoms with Crippen LogP contribution < -0.4 is 4.74 Å². The third-order valence-corrected chi connectivity index (χ3v) is 8.87. The highest BCUT2D eigenvalue weighted by molar-refractivity contribution is 6.08. The first kappa shape index (κ1) is 27.5. The van der Waals surface area contributed by atoms with Gasteiger partial charge in [0.2, 0.25) is 0 Å². The molecule has 0 radical (unpaired) electrons. The number of hydrogen-bond donors (Lipinski definition) is 2. The SMILES string of the molecule is C[C@@]12Cc3c([nH]c4ccc(OC(F)F)cc34)C(Cc3cccc(O)c3)N1C(=O)N(CCCN1CCCCCC1)C2=O. The van der Waals surface area contributed by atoms with Gasteiger partial charge >= 0.3 is 12.6 Å². The summed E-state index contributed by atoms with van der Waals surface area (Å²) >= 11 is 0. The largest absolute Gasteiger partial charge is 0.508 e. The lowest BCUT2D eigenvalue weighted by Crippen LogP contribution is -2.53. The highest BCUT2D eigenvalue weighted by atomic mass is 19.3. The molecule has 3 amide bonds. The van der Waals surface area contributed by atoms with Crippen molar-refractivity contribution in [1.82, 2.24) is 19.7 Å². The number of halogens is 2. The van der Waals surface area contributed by atoms with Crippen LogP contribution in [0, 0.1) is 0 Å². The maximum absolute atomic E-state index is 14.0. The molecule has 0 spiro atoms. The lowest BCUT2D eigenvalue weighted by molar-refractivity contribution is -0.133. The number of nitrogens with zero attached hydrogens (tertiary/aromatic N) is 3. The van der Waals surface area contributed by atoms with E-state index in [1.54, 1.807) is 42.2 Å². The normalized spacial score (nSPS) is 23.3. The zero-order valence-corrected chi connectivity index (χ0v) is 23.2. The lowest BCUT2D eigenvalue weighted by Gasteiger charge is -2.42. The van der Waals surface area contributed by atoms with Crippen molar-refractivity contribution in [3.05, 3.63) is 59.3 Å². The fourth-order valence-corrected chi connectivity index (χ4v) is 6.94. The highest BCUT2D eigenvalue weighted by Crippen LogP contribution is 2.48. The summed E-state index contributed by atoms with van der Waals surface area (Å²) in [7, 11) is 0. The molecule has 3 aliphatic heterocycles. The van der Waals surface area contributed by atoms with E-state index in [1.165, 1.54) is 36.6 Å². The van der Waals surface area contributed by atoms with Gasteiger partial charge in [-0.1, -0.05) is 25.0 Å². The number of aromatic amines is 1. The number of carbonyl (C=O) groups is 2. The van der Waals surface area contributed by atoms with Gasteiger partial charge in [-0.25, -0.2) is 4.79 Å². The van der Waals surface area contributed by atoms with Crippen LogP contribution in [0.15, 0.2) is 42.5 Å². The van der Waals surface area contributed by atoms with Gasteiger partial charge in [-0.3, -0.25) is 9.69 Å². The number of benzene rings is 2. The van der Waals surface area contributed by atoms with Gasteiger partial charge in [-0.2, -0.15) is 8.78 Å². The van der Waals surface area contributed by atoms with Gasteiger partial charge in [0.25, 0.3) is 5.91 Å². The van der Waals surface area contributed by atoms with Crippen LogP contribution in [0.3, 0.4) is 0 Å². The molecule has 8 nitrogen and oxygen atoms in total. The summed E-state index contributed by atoms with van der Waals surface area (Å²) < 4.78 is 30.6. The second-order valence-corrected chi connectivity index (χ2v) is 11.7. The molecule has 6 rings (SSSR count). The van der Waals surface area contributed by atoms with E-state index in [0.29, 0.717) is 24.8 Å². The Labute approximate surface area is 237 Å². The smallest absolute Gasteiger partial charge is 0.387 e. The number of alkyl halides is 2. The van der Waals surface area contributed by atoms with Crippen molar-refractivity contribution in [2.75, 3.05) is 26.2 Å². The number of carbonyl (C=O) groups excluding carboxylic acids is 2. The van der Waals surface area contributed by atoms with Crippen molar-refractivity contribution in [1.29, 1.82) is 0 Å². The van der Waals surface area contributed by atoms with E-state index < -0.39 is 18.2 Å². The molecule has 2 fully saturated rings. The Bertz CT molecular complexity index is 1450. The van der Waals surface area contributed by atoms with Gasteiger partial charge in [-0.15, -0.1) is 0 Å². The predicted molar refractivity (Wildman–Crippen MR) is 150 cm³/mol. The minimum Gasteiger partial charge on any atom is -0.508 e. The Balaban J connectivity index is 1.34. The number of fused-ring (bicyclic) bond motifs is 4. The summed E-state index contributed by atoms with van der Waals surface area (Å²) in [6, 6.07) is 10.8. The van der Waals surface area contributed by atoms with Crippen LogP contribution in [0.2, 0.25) is 0 Å². The number of imide groups is 1. The van der Waals surface area contributed by atoms with Crippen molar-refractivity contribution >= 4 is 22.8 Å². The molecule has 3 aliphatic rings. The van der Waals surface area contributed by atoms with Crippen molar-refractivity contribution in [3.8, 4) is 11.5 Å². The molecule has 0 aliphatic carbocycles. The first-order chi connectivity index (χ1) is 19.7. The fraction of sp³-hybridized carbons (Fsp3) is 0.484. The summed E-state index contributed by atoms with van der Waals surface area (Å²) in [6.07, 6.45) is 6.19. The Morgan fingerprint density at radius 1 is 1.07 bits per heavy atom. The van der Waals surface area contributed by atoms with E-state index in [1.807, 2.05) is 6.07 Å². The number of phenolic OH excluding ortho intramolecular Hbond substituents is 1. The topological polar surface area (TPSA) is 89.1 Å². The van der Waals surface area contributed by atoms with Gasteiger partial charge in [0.1, 0.15) is 17.0 Å². The average molecular weight is 567 g/mol. The summed E-state index contributed by atoms with van der Waals surface area (Å²) in [5.74, 6) is -0.0830. The van der Waals surface area contributed by atoms with Crippen LogP contribution in [-0.4, -0.2) is 75.1 Å². The zero-order valence-electron chi connectivity index (χ0n) is 23.2. The van der Waals surface area contributed by atoms with Crippen molar-refractivity contribution < 1.29 is 28.2 Å². The number of aromatic hydroxyl groups is 1. The average Bonchev–Trinajstić information content (AvgIpc) is 3.20. The number of amides is 3. The molecular formula is C31H36F2N4O4. The molecule has 1 aromatic heterocycles. The fourth-order valence-electron chi connectivity index (χ4n) is 6.94. The number of rotatable bonds is 8. The Morgan fingerprint density at radius 2 is 1.85 bits per heavy atom. The standard InChI is InChI=1S/C31H36F2N4O4/c1-31-19-24-23-18-22(41-29(32)33)10-11-25(23)34-27(24)26(17-20-8-6-9-21(38)16-20)37(31)30(40)36(28(31)39)15-7-14-35-12-4-2-3-5-13-35/h6,8-11,16,18,26,29,34,38H,2-5,7,12-15,17,19H2,1H3/t26?,31-/m0/s1. The molecule has 41 heavy (non-hydrogen) atoms. The van der Waals surface area contributed by atoms with Gasteiger partial charge < -0.3 is 24.6 Å². The quantitative estimate of drug-likeness (QED) is 0.347. The third kappa shape index (κ3) is 5.14. The number of H-pyrrole nitrogens is 1. The van der Waals surface area contributed by atoms with Crippen LogP contribution in [0.1, 0.15) is 61.9 Å². The first-order valence-electron chi connectivity index (χ1n) is 14.5. The van der Waals surface area contributed by atoms with Crippen molar-refractivity contribution in [2.24, 2.45) is 0 Å². The summed E-state index contributed by atoms with van der Waals surface area (Å²) in [4.78, 5) is 37.0. The minimum atomic E-state index is -2.95. The van der Waals surface area contributed by atoms with Crippen molar-refractivity contribution in [3.63, 3.8) is 0 Å². The van der Waals surface area contributed by atoms with E-state index in [9.17, 15) is 23.5 Å². The maximum Gasteiger partial charge on any atom is 0.387 e. The summed E-state index contributed by atoms with van der Waals surface area (Å²) in [6.45, 7) is 2.15. The predicted octanol–water partition coefficient (Wildman–Crippen LogP) is 5.60. The van der Waals surface area contributed by atoms with E-state index in [4.69, 9.17) is 0 Å². The van der Waals surface area contributed by atoms with Crippen molar-refractivity contribution in [2.45, 2.75) is 70.1 Å². The number of nitrogens with one attached hydrogen (secondary N) is 1. The van der Waals surface area contributed by atoms with Gasteiger partial charge in [-0.05, 0) is 93.7 Å². The molecular weight excluding hydrogens is 530 g/mol. The maximum atomic E-state index is 14.0. The molecule has 0 bridgehead atoms. The summed E-state index contributed by atoms with van der Waals surface area (Å²) in [5, 5.41) is 10.8. The molecule has 3 aromatic rings. The molecule has 2 aromatic carbocycles. The lowest BCUT2D eigenvalue weighted by atomic mass is 9.81. The molecule has 218 valence electrons. The highest BCUT2D eigenvalue weighted by Gasteiger charge is 2.59. The second-order valence-electron chi connectivity index (χ2n) is 11.7. The van der Waals surface area contributed by atoms with Gasteiger partial charge in [0, 0.05) is 29.6 Å². The zero-order chi connectivity index (χ0) is 28.7. The molecule has 10 heteroatoms. The van der Waals surface area contributed by atoms with Gasteiger partial charge in [0.05, 0.1) is 6.04 Å². The van der Waals surface area contributed by atoms with Crippen LogP contribution in [0.5, 0.6) is 11.5 Å². The summed E-state index contributed by atoms with van der Waals surface area (Å²) in [5.41, 5.74) is 1.98. The number of ether oxygens (including phenoxy) is 1. The second kappa shape index (κ2) is 11.0. The Morgan fingerprint density at radius 3 is 2.59 bits per heavy atom. The van der Waals surface area contributed by atoms with Crippen LogP contribution >= 0.6 is 0 Å². The van der Waals surface area contributed by atoms with Crippen LogP contribution in [0.4, 0.5) is 13.6 Å². The molecule has 2 atom stereocenters. The third-order valence-electron chi connectivity index (χ3n) is 8.87. The van der Waals surface area contributed by atoms with E-state index in [-0.39, 0.29) is 29.9 Å². The first-order valence-corrected chi connectivity index (χ1v) is 14.5. The number of likely N-dealkylation sites (tertiary alicyclic amines) is 1. The molecule has 1 unspecified atom stereocenters. The number of urea groups is 1. The van der Waals surface area contributed by atoms with E-state index >= 15 is 0 Å². The van der Waals surface area contributed by atoms with Crippen LogP contribution in [0.25, 0.3) is 10.9 Å². The molecule has 2 saturated heterocycles. The molecule has 0 saturated carbocycles. The van der Waals surface area contributed by atoms with Gasteiger partial charge in [0.15, 0.2) is 0 Å². The molecule has 2 N–H and O–H groups in total. The van der Waals surface area contributed by atoms with Crippen LogP contribution in [-0.2, 0) is 17.6 Å². The van der Waals surface area contributed by atoms with E-state index in [2.05, 4.69) is 14.6 Å². The van der Waals surface area contributed by atoms with E-state index in [0.717, 1.165) is 42.0 Å². The number of hydrogen-bond acceptors (Lipinski definition) is 5. The number of phenols is 1. The Kier molecular flexibility index (Phi) is 7.36. The minimum absolute atomic E-state index is 0.0374. The monoisotopic (exact) mass is 566 g/mol.